The Hall–Kier alpha value is -0.900. The summed E-state index contributed by atoms with van der Waals surface area (Å²) in [7, 11) is 0. The number of pyridine rings is 1. The summed E-state index contributed by atoms with van der Waals surface area (Å²) in [4.78, 5) is 14.4. The fraction of sp³-hybridized carbons (Fsp3) is 0.333. The Balaban J connectivity index is 2.41. The van der Waals surface area contributed by atoms with E-state index in [2.05, 4.69) is 20.9 Å². The summed E-state index contributed by atoms with van der Waals surface area (Å²) >= 11 is 3.26. The molecular weight excluding hydrogens is 234 g/mol. The molecule has 0 atom stereocenters. The molecule has 1 aromatic heterocycles. The first-order valence-electron chi connectivity index (χ1n) is 3.92. The number of ether oxygens (including phenoxy) is 1. The van der Waals surface area contributed by atoms with Gasteiger partial charge in [0.25, 0.3) is 0 Å². The number of aromatic nitrogens is 1. The molecule has 0 amide bonds. The molecule has 4 heteroatoms. The van der Waals surface area contributed by atoms with Crippen molar-refractivity contribution in [2.75, 3.05) is 6.61 Å². The molecule has 0 spiro atoms. The van der Waals surface area contributed by atoms with Crippen LogP contribution in [0.1, 0.15) is 12.5 Å². The lowest BCUT2D eigenvalue weighted by atomic mass is 10.2. The molecule has 0 aliphatic heterocycles. The van der Waals surface area contributed by atoms with Gasteiger partial charge >= 0.3 is 5.97 Å². The van der Waals surface area contributed by atoms with Gasteiger partial charge < -0.3 is 4.74 Å². The first kappa shape index (κ1) is 10.2. The molecular formula is C9H10BrNO2. The number of hydrogen-bond donors (Lipinski definition) is 0. The van der Waals surface area contributed by atoms with Gasteiger partial charge in [0.05, 0.1) is 6.61 Å². The lowest BCUT2D eigenvalue weighted by Crippen LogP contribution is -2.03. The topological polar surface area (TPSA) is 39.2 Å². The largest absolute Gasteiger partial charge is 0.466 e. The van der Waals surface area contributed by atoms with Gasteiger partial charge in [0.15, 0.2) is 0 Å². The lowest BCUT2D eigenvalue weighted by molar-refractivity contribution is -0.140. The fourth-order valence-corrected chi connectivity index (χ4v) is 1.32. The van der Waals surface area contributed by atoms with E-state index in [-0.39, 0.29) is 5.97 Å². The average Bonchev–Trinajstić information content (AvgIpc) is 2.03. The number of carbonyl (C=O) groups excluding carboxylic acids is 1. The summed E-state index contributed by atoms with van der Waals surface area (Å²) in [6.07, 6.45) is 2.44. The van der Waals surface area contributed by atoms with E-state index >= 15 is 0 Å². The van der Waals surface area contributed by atoms with Gasteiger partial charge in [-0.3, -0.25) is 4.79 Å². The zero-order valence-corrected chi connectivity index (χ0v) is 8.87. The molecule has 0 bridgehead atoms. The van der Waals surface area contributed by atoms with Crippen molar-refractivity contribution in [1.82, 2.24) is 4.98 Å². The van der Waals surface area contributed by atoms with E-state index in [1.807, 2.05) is 12.1 Å². The number of rotatable bonds is 3. The molecule has 0 N–H and O–H groups in total. The third kappa shape index (κ3) is 4.03. The van der Waals surface area contributed by atoms with Gasteiger partial charge in [-0.25, -0.2) is 4.98 Å². The second kappa shape index (κ2) is 4.97. The summed E-state index contributed by atoms with van der Waals surface area (Å²) in [5.74, 6) is -0.242. The van der Waals surface area contributed by atoms with Crippen LogP contribution in [-0.2, 0) is 16.0 Å². The van der Waals surface area contributed by atoms with Gasteiger partial charge in [-0.15, -0.1) is 0 Å². The maximum atomic E-state index is 10.5. The van der Waals surface area contributed by atoms with Gasteiger partial charge in [-0.2, -0.15) is 0 Å². The minimum atomic E-state index is -0.242. The highest BCUT2D eigenvalue weighted by Crippen LogP contribution is 2.08. The molecule has 0 saturated carbocycles. The van der Waals surface area contributed by atoms with Crippen LogP contribution >= 0.6 is 15.9 Å². The van der Waals surface area contributed by atoms with Crippen molar-refractivity contribution in [2.24, 2.45) is 0 Å². The highest BCUT2D eigenvalue weighted by atomic mass is 79.9. The standard InChI is InChI=1S/C9H10BrNO2/c1-7(12)13-5-3-8-2-4-11-9(10)6-8/h2,4,6H,3,5H2,1H3. The van der Waals surface area contributed by atoms with Crippen molar-refractivity contribution >= 4 is 21.9 Å². The lowest BCUT2D eigenvalue weighted by Gasteiger charge is -2.01. The van der Waals surface area contributed by atoms with E-state index < -0.39 is 0 Å². The van der Waals surface area contributed by atoms with Crippen LogP contribution in [0.2, 0.25) is 0 Å². The molecule has 0 unspecified atom stereocenters. The molecule has 0 aliphatic rings. The first-order valence-corrected chi connectivity index (χ1v) is 4.71. The number of nitrogens with zero attached hydrogens (tertiary/aromatic N) is 1. The van der Waals surface area contributed by atoms with E-state index in [4.69, 9.17) is 4.74 Å². The van der Waals surface area contributed by atoms with Crippen molar-refractivity contribution in [3.05, 3.63) is 28.5 Å². The molecule has 13 heavy (non-hydrogen) atoms. The molecule has 1 heterocycles. The molecule has 0 aromatic carbocycles. The van der Waals surface area contributed by atoms with Crippen LogP contribution in [0, 0.1) is 0 Å². The maximum absolute atomic E-state index is 10.5. The van der Waals surface area contributed by atoms with Crippen LogP contribution in [0.3, 0.4) is 0 Å². The summed E-state index contributed by atoms with van der Waals surface area (Å²) in [5, 5.41) is 0. The predicted octanol–water partition coefficient (Wildman–Crippen LogP) is 1.95. The summed E-state index contributed by atoms with van der Waals surface area (Å²) in [5.41, 5.74) is 1.10. The zero-order chi connectivity index (χ0) is 9.68. The second-order valence-corrected chi connectivity index (χ2v) is 3.39. The third-order valence-corrected chi connectivity index (χ3v) is 1.92. The maximum Gasteiger partial charge on any atom is 0.302 e. The Morgan fingerprint density at radius 3 is 3.08 bits per heavy atom. The molecule has 0 fully saturated rings. The number of halogens is 1. The van der Waals surface area contributed by atoms with Crippen LogP contribution in [-0.4, -0.2) is 17.6 Å². The van der Waals surface area contributed by atoms with Crippen molar-refractivity contribution in [2.45, 2.75) is 13.3 Å². The minimum absolute atomic E-state index is 0.242. The average molecular weight is 244 g/mol. The van der Waals surface area contributed by atoms with E-state index in [0.717, 1.165) is 16.6 Å². The highest BCUT2D eigenvalue weighted by molar-refractivity contribution is 9.10. The number of hydrogen-bond acceptors (Lipinski definition) is 3. The van der Waals surface area contributed by atoms with Crippen molar-refractivity contribution in [1.29, 1.82) is 0 Å². The van der Waals surface area contributed by atoms with Gasteiger partial charge in [-0.05, 0) is 33.6 Å². The first-order chi connectivity index (χ1) is 6.18. The van der Waals surface area contributed by atoms with Crippen LogP contribution in [0.4, 0.5) is 0 Å². The van der Waals surface area contributed by atoms with Crippen LogP contribution < -0.4 is 0 Å². The van der Waals surface area contributed by atoms with Gasteiger partial charge in [0.2, 0.25) is 0 Å². The molecule has 0 saturated heterocycles. The van der Waals surface area contributed by atoms with E-state index in [1.54, 1.807) is 6.20 Å². The van der Waals surface area contributed by atoms with E-state index in [9.17, 15) is 4.79 Å². The molecule has 3 nitrogen and oxygen atoms in total. The van der Waals surface area contributed by atoms with Gasteiger partial charge in [0.1, 0.15) is 4.60 Å². The minimum Gasteiger partial charge on any atom is -0.466 e. The molecule has 70 valence electrons. The third-order valence-electron chi connectivity index (χ3n) is 1.49. The Morgan fingerprint density at radius 1 is 1.69 bits per heavy atom. The SMILES string of the molecule is CC(=O)OCCc1ccnc(Br)c1. The summed E-state index contributed by atoms with van der Waals surface area (Å²) in [6.45, 7) is 1.83. The van der Waals surface area contributed by atoms with Crippen LogP contribution in [0.25, 0.3) is 0 Å². The Kier molecular flexibility index (Phi) is 3.89. The van der Waals surface area contributed by atoms with Crippen molar-refractivity contribution < 1.29 is 9.53 Å². The molecule has 1 rings (SSSR count). The number of carbonyl (C=O) groups is 1. The summed E-state index contributed by atoms with van der Waals surface area (Å²) < 4.78 is 5.61. The predicted molar refractivity (Wildman–Crippen MR) is 52.3 cm³/mol. The normalized spacial score (nSPS) is 9.69. The zero-order valence-electron chi connectivity index (χ0n) is 7.29. The Labute approximate surface area is 85.3 Å². The molecule has 0 aliphatic carbocycles. The number of esters is 1. The Bertz CT molecular complexity index is 301. The summed E-state index contributed by atoms with van der Waals surface area (Å²) in [6, 6.07) is 3.80. The second-order valence-electron chi connectivity index (χ2n) is 2.58. The van der Waals surface area contributed by atoms with Gasteiger partial charge in [0, 0.05) is 19.5 Å². The monoisotopic (exact) mass is 243 g/mol. The fourth-order valence-electron chi connectivity index (χ4n) is 0.911. The van der Waals surface area contributed by atoms with Crippen molar-refractivity contribution in [3.8, 4) is 0 Å². The van der Waals surface area contributed by atoms with Gasteiger partial charge in [-0.1, -0.05) is 0 Å². The van der Waals surface area contributed by atoms with Crippen LogP contribution in [0.5, 0.6) is 0 Å². The quantitative estimate of drug-likeness (QED) is 0.602. The van der Waals surface area contributed by atoms with Crippen molar-refractivity contribution in [3.63, 3.8) is 0 Å². The smallest absolute Gasteiger partial charge is 0.302 e. The van der Waals surface area contributed by atoms with Crippen LogP contribution in [0.15, 0.2) is 22.9 Å². The molecule has 0 radical (unpaired) electrons. The van der Waals surface area contributed by atoms with E-state index in [0.29, 0.717) is 6.61 Å². The van der Waals surface area contributed by atoms with E-state index in [1.165, 1.54) is 6.92 Å². The Morgan fingerprint density at radius 2 is 2.46 bits per heavy atom. The molecule has 1 aromatic rings. The highest BCUT2D eigenvalue weighted by Gasteiger charge is 1.96.